The van der Waals surface area contributed by atoms with Crippen LogP contribution in [-0.2, 0) is 0 Å². The number of anilines is 1. The third kappa shape index (κ3) is 4.13. The highest BCUT2D eigenvalue weighted by atomic mass is 16.5. The maximum atomic E-state index is 12.8. The van der Waals surface area contributed by atoms with Crippen molar-refractivity contribution in [3.63, 3.8) is 0 Å². The third-order valence-corrected chi connectivity index (χ3v) is 4.61. The Kier molecular flexibility index (Phi) is 5.49. The van der Waals surface area contributed by atoms with Gasteiger partial charge in [0.15, 0.2) is 0 Å². The summed E-state index contributed by atoms with van der Waals surface area (Å²) in [6, 6.07) is 12.0. The zero-order valence-corrected chi connectivity index (χ0v) is 15.5. The van der Waals surface area contributed by atoms with Gasteiger partial charge in [-0.15, -0.1) is 0 Å². The topological polar surface area (TPSA) is 85.1 Å². The van der Waals surface area contributed by atoms with Crippen LogP contribution in [0.15, 0.2) is 42.5 Å². The van der Waals surface area contributed by atoms with Crippen LogP contribution >= 0.6 is 0 Å². The van der Waals surface area contributed by atoms with E-state index in [1.807, 2.05) is 0 Å². The third-order valence-electron chi connectivity index (χ3n) is 4.61. The molecule has 0 aromatic heterocycles. The van der Waals surface area contributed by atoms with Gasteiger partial charge < -0.3 is 25.0 Å². The molecule has 142 valence electrons. The largest absolute Gasteiger partial charge is 0.497 e. The highest BCUT2D eigenvalue weighted by molar-refractivity contribution is 5.96. The number of hydrogen-bond donors (Lipinski definition) is 1. The predicted molar refractivity (Wildman–Crippen MR) is 102 cm³/mol. The van der Waals surface area contributed by atoms with Crippen LogP contribution in [0.5, 0.6) is 11.5 Å². The summed E-state index contributed by atoms with van der Waals surface area (Å²) in [5.41, 5.74) is 7.39. The maximum Gasteiger partial charge on any atom is 0.254 e. The van der Waals surface area contributed by atoms with E-state index < -0.39 is 0 Å². The summed E-state index contributed by atoms with van der Waals surface area (Å²) in [5, 5.41) is 0. The van der Waals surface area contributed by atoms with Crippen molar-refractivity contribution in [3.8, 4) is 11.5 Å². The number of methoxy groups -OCH3 is 2. The van der Waals surface area contributed by atoms with Gasteiger partial charge in [-0.25, -0.2) is 0 Å². The molecule has 0 spiro atoms. The lowest BCUT2D eigenvalue weighted by Gasteiger charge is -2.35. The first-order chi connectivity index (χ1) is 13.0. The van der Waals surface area contributed by atoms with Gasteiger partial charge in [-0.1, -0.05) is 0 Å². The van der Waals surface area contributed by atoms with Crippen molar-refractivity contribution in [1.82, 2.24) is 9.80 Å². The zero-order valence-electron chi connectivity index (χ0n) is 15.5. The quantitative estimate of drug-likeness (QED) is 0.832. The molecule has 27 heavy (non-hydrogen) atoms. The van der Waals surface area contributed by atoms with Crippen LogP contribution in [0, 0.1) is 0 Å². The minimum atomic E-state index is -0.105. The molecule has 7 heteroatoms. The standard InChI is InChI=1S/C20H23N3O4/c1-26-17-11-15(12-18(13-17)27-2)20(25)23-9-7-22(8-10-23)19(24)14-3-5-16(21)6-4-14/h3-6,11-13H,7-10,21H2,1-2H3. The van der Waals surface area contributed by atoms with E-state index in [0.717, 1.165) is 0 Å². The van der Waals surface area contributed by atoms with E-state index in [4.69, 9.17) is 15.2 Å². The SMILES string of the molecule is COc1cc(OC)cc(C(=O)N2CCN(C(=O)c3ccc(N)cc3)CC2)c1. The lowest BCUT2D eigenvalue weighted by atomic mass is 10.1. The Morgan fingerprint density at radius 1 is 0.778 bits per heavy atom. The number of hydrogen-bond acceptors (Lipinski definition) is 5. The average Bonchev–Trinajstić information content (AvgIpc) is 2.73. The first-order valence-corrected chi connectivity index (χ1v) is 8.69. The Bertz CT molecular complexity index is 805. The number of ether oxygens (including phenoxy) is 2. The van der Waals surface area contributed by atoms with Crippen molar-refractivity contribution in [2.24, 2.45) is 0 Å². The van der Waals surface area contributed by atoms with Gasteiger partial charge in [0.1, 0.15) is 11.5 Å². The number of nitrogen functional groups attached to an aromatic ring is 1. The summed E-state index contributed by atoms with van der Waals surface area (Å²) in [6.07, 6.45) is 0. The van der Waals surface area contributed by atoms with Gasteiger partial charge in [-0.05, 0) is 36.4 Å². The molecule has 2 N–H and O–H groups in total. The molecule has 1 saturated heterocycles. The van der Waals surface area contributed by atoms with Crippen molar-refractivity contribution in [1.29, 1.82) is 0 Å². The molecule has 0 unspecified atom stereocenters. The zero-order chi connectivity index (χ0) is 19.4. The Balaban J connectivity index is 1.66. The molecule has 3 rings (SSSR count). The number of piperazine rings is 1. The monoisotopic (exact) mass is 369 g/mol. The molecule has 0 aliphatic carbocycles. The Morgan fingerprint density at radius 2 is 1.22 bits per heavy atom. The van der Waals surface area contributed by atoms with Crippen molar-refractivity contribution >= 4 is 17.5 Å². The number of nitrogens with zero attached hydrogens (tertiary/aromatic N) is 2. The van der Waals surface area contributed by atoms with E-state index in [9.17, 15) is 9.59 Å². The molecule has 0 saturated carbocycles. The van der Waals surface area contributed by atoms with E-state index in [-0.39, 0.29) is 11.8 Å². The number of rotatable bonds is 4. The highest BCUT2D eigenvalue weighted by Gasteiger charge is 2.26. The summed E-state index contributed by atoms with van der Waals surface area (Å²) in [6.45, 7) is 1.91. The molecule has 0 bridgehead atoms. The van der Waals surface area contributed by atoms with Crippen LogP contribution < -0.4 is 15.2 Å². The normalized spacial score (nSPS) is 14.0. The van der Waals surface area contributed by atoms with Crippen molar-refractivity contribution in [2.45, 2.75) is 0 Å². The number of carbonyl (C=O) groups is 2. The minimum absolute atomic E-state index is 0.0508. The number of amides is 2. The maximum absolute atomic E-state index is 12.8. The molecule has 2 amide bonds. The Morgan fingerprint density at radius 3 is 1.67 bits per heavy atom. The Hall–Kier alpha value is -3.22. The van der Waals surface area contributed by atoms with E-state index in [0.29, 0.717) is 54.5 Å². The van der Waals surface area contributed by atoms with Gasteiger partial charge in [0.25, 0.3) is 11.8 Å². The fourth-order valence-corrected chi connectivity index (χ4v) is 3.03. The fraction of sp³-hybridized carbons (Fsp3) is 0.300. The number of carbonyl (C=O) groups excluding carboxylic acids is 2. The minimum Gasteiger partial charge on any atom is -0.497 e. The second kappa shape index (κ2) is 7.99. The molecule has 7 nitrogen and oxygen atoms in total. The molecule has 1 heterocycles. The van der Waals surface area contributed by atoms with Gasteiger partial charge in [0.05, 0.1) is 14.2 Å². The van der Waals surface area contributed by atoms with E-state index >= 15 is 0 Å². The molecular weight excluding hydrogens is 346 g/mol. The van der Waals surface area contributed by atoms with Gasteiger partial charge in [0.2, 0.25) is 0 Å². The van der Waals surface area contributed by atoms with E-state index in [2.05, 4.69) is 0 Å². The van der Waals surface area contributed by atoms with Gasteiger partial charge in [-0.2, -0.15) is 0 Å². The predicted octanol–water partition coefficient (Wildman–Crippen LogP) is 1.88. The summed E-state index contributed by atoms with van der Waals surface area (Å²) >= 11 is 0. The van der Waals surface area contributed by atoms with Crippen LogP contribution in [0.3, 0.4) is 0 Å². The summed E-state index contributed by atoms with van der Waals surface area (Å²) < 4.78 is 10.5. The van der Waals surface area contributed by atoms with E-state index in [1.165, 1.54) is 0 Å². The summed E-state index contributed by atoms with van der Waals surface area (Å²) in [7, 11) is 3.09. The van der Waals surface area contributed by atoms with Crippen LogP contribution in [0.25, 0.3) is 0 Å². The van der Waals surface area contributed by atoms with Gasteiger partial charge in [0, 0.05) is 49.1 Å². The summed E-state index contributed by atoms with van der Waals surface area (Å²) in [5.74, 6) is 0.974. The van der Waals surface area contributed by atoms with Gasteiger partial charge >= 0.3 is 0 Å². The molecule has 0 radical (unpaired) electrons. The van der Waals surface area contributed by atoms with Crippen LogP contribution in [0.2, 0.25) is 0 Å². The van der Waals surface area contributed by atoms with Crippen LogP contribution in [0.4, 0.5) is 5.69 Å². The van der Waals surface area contributed by atoms with Crippen molar-refractivity contribution in [3.05, 3.63) is 53.6 Å². The van der Waals surface area contributed by atoms with Crippen molar-refractivity contribution in [2.75, 3.05) is 46.1 Å². The van der Waals surface area contributed by atoms with E-state index in [1.54, 1.807) is 66.5 Å². The lowest BCUT2D eigenvalue weighted by Crippen LogP contribution is -2.50. The average molecular weight is 369 g/mol. The molecule has 0 atom stereocenters. The van der Waals surface area contributed by atoms with Crippen LogP contribution in [-0.4, -0.2) is 62.0 Å². The second-order valence-electron chi connectivity index (χ2n) is 6.31. The van der Waals surface area contributed by atoms with Crippen LogP contribution in [0.1, 0.15) is 20.7 Å². The fourth-order valence-electron chi connectivity index (χ4n) is 3.03. The summed E-state index contributed by atoms with van der Waals surface area (Å²) in [4.78, 5) is 28.9. The molecule has 2 aromatic rings. The molecule has 1 fully saturated rings. The molecule has 1 aliphatic rings. The highest BCUT2D eigenvalue weighted by Crippen LogP contribution is 2.24. The lowest BCUT2D eigenvalue weighted by molar-refractivity contribution is 0.0535. The second-order valence-corrected chi connectivity index (χ2v) is 6.31. The Labute approximate surface area is 158 Å². The van der Waals surface area contributed by atoms with Gasteiger partial charge in [-0.3, -0.25) is 9.59 Å². The first-order valence-electron chi connectivity index (χ1n) is 8.69. The molecular formula is C20H23N3O4. The number of nitrogens with two attached hydrogens (primary N) is 1. The molecule has 2 aromatic carbocycles. The number of benzene rings is 2. The molecule has 1 aliphatic heterocycles. The van der Waals surface area contributed by atoms with Crippen molar-refractivity contribution < 1.29 is 19.1 Å². The first kappa shape index (κ1) is 18.6. The smallest absolute Gasteiger partial charge is 0.254 e.